The van der Waals surface area contributed by atoms with Gasteiger partial charge in [-0.05, 0) is 87.3 Å². The van der Waals surface area contributed by atoms with E-state index in [9.17, 15) is 9.59 Å². The lowest BCUT2D eigenvalue weighted by molar-refractivity contribution is 0.0999. The predicted molar refractivity (Wildman–Crippen MR) is 117 cm³/mol. The molecular weight excluding hydrogens is 364 g/mol. The molecule has 2 fully saturated rings. The van der Waals surface area contributed by atoms with Gasteiger partial charge in [-0.2, -0.15) is 0 Å². The first-order valence-corrected chi connectivity index (χ1v) is 11.0. The van der Waals surface area contributed by atoms with Crippen LogP contribution in [-0.4, -0.2) is 23.9 Å². The fraction of sp³-hybridized carbons (Fsp3) is 0.652. The molecule has 1 aromatic rings. The number of nitrogens with two attached hydrogens (primary N) is 4. The van der Waals surface area contributed by atoms with E-state index in [0.717, 1.165) is 17.8 Å². The minimum Gasteiger partial charge on any atom is -0.366 e. The lowest BCUT2D eigenvalue weighted by Gasteiger charge is -2.39. The van der Waals surface area contributed by atoms with Gasteiger partial charge in [0.15, 0.2) is 0 Å². The Morgan fingerprint density at radius 2 is 1.21 bits per heavy atom. The molecule has 0 atom stereocenters. The van der Waals surface area contributed by atoms with Crippen LogP contribution in [-0.2, 0) is 0 Å². The van der Waals surface area contributed by atoms with Gasteiger partial charge < -0.3 is 22.9 Å². The van der Waals surface area contributed by atoms with Crippen LogP contribution in [0, 0.1) is 17.8 Å². The molecular formula is C23H38N4O2. The average Bonchev–Trinajstić information content (AvgIpc) is 2.72. The second kappa shape index (κ2) is 11.3. The van der Waals surface area contributed by atoms with Gasteiger partial charge in [-0.1, -0.05) is 19.4 Å². The highest BCUT2D eigenvalue weighted by molar-refractivity contribution is 5.98. The van der Waals surface area contributed by atoms with Gasteiger partial charge in [0.1, 0.15) is 0 Å². The molecule has 1 aromatic carbocycles. The van der Waals surface area contributed by atoms with Gasteiger partial charge in [0.25, 0.3) is 0 Å². The molecule has 6 nitrogen and oxygen atoms in total. The van der Waals surface area contributed by atoms with Gasteiger partial charge in [0.2, 0.25) is 11.8 Å². The van der Waals surface area contributed by atoms with Crippen molar-refractivity contribution in [1.82, 2.24) is 0 Å². The molecule has 29 heavy (non-hydrogen) atoms. The van der Waals surface area contributed by atoms with Crippen LogP contribution in [0.4, 0.5) is 0 Å². The highest BCUT2D eigenvalue weighted by atomic mass is 16.1. The minimum atomic E-state index is -0.571. The van der Waals surface area contributed by atoms with Crippen molar-refractivity contribution in [3.63, 3.8) is 0 Å². The molecule has 3 rings (SSSR count). The molecule has 8 N–H and O–H groups in total. The summed E-state index contributed by atoms with van der Waals surface area (Å²) in [5.74, 6) is 1.73. The fourth-order valence-electron chi connectivity index (χ4n) is 5.02. The summed E-state index contributed by atoms with van der Waals surface area (Å²) in [5.41, 5.74) is 22.6. The zero-order chi connectivity index (χ0) is 21.4. The van der Waals surface area contributed by atoms with Gasteiger partial charge in [-0.25, -0.2) is 0 Å². The van der Waals surface area contributed by atoms with E-state index >= 15 is 0 Å². The van der Waals surface area contributed by atoms with Crippen LogP contribution in [0.2, 0.25) is 0 Å². The molecule has 0 aromatic heterocycles. The number of benzene rings is 1. The fourth-order valence-corrected chi connectivity index (χ4v) is 5.02. The number of rotatable bonds is 5. The Balaban J connectivity index is 0.000000221. The SMILES string of the molecule is CCC(C1CCC(N)CC1)C1CCC(N)CC1.NC(=O)c1cccc(C(N)=O)c1. The van der Waals surface area contributed by atoms with Crippen molar-refractivity contribution in [2.45, 2.75) is 76.8 Å². The summed E-state index contributed by atoms with van der Waals surface area (Å²) in [6.45, 7) is 2.38. The van der Waals surface area contributed by atoms with Crippen molar-refractivity contribution in [2.75, 3.05) is 0 Å². The summed E-state index contributed by atoms with van der Waals surface area (Å²) >= 11 is 0. The Kier molecular flexibility index (Phi) is 9.11. The topological polar surface area (TPSA) is 138 Å². The maximum absolute atomic E-state index is 10.6. The van der Waals surface area contributed by atoms with E-state index in [4.69, 9.17) is 22.9 Å². The summed E-state index contributed by atoms with van der Waals surface area (Å²) in [5, 5.41) is 0. The van der Waals surface area contributed by atoms with Gasteiger partial charge >= 0.3 is 0 Å². The smallest absolute Gasteiger partial charge is 0.248 e. The average molecular weight is 403 g/mol. The number of carbonyl (C=O) groups excluding carboxylic acids is 2. The highest BCUT2D eigenvalue weighted by Crippen LogP contribution is 2.41. The molecule has 0 spiro atoms. The molecule has 162 valence electrons. The zero-order valence-electron chi connectivity index (χ0n) is 17.7. The van der Waals surface area contributed by atoms with E-state index in [1.165, 1.54) is 76.0 Å². The number of hydrogen-bond donors (Lipinski definition) is 4. The van der Waals surface area contributed by atoms with E-state index in [1.54, 1.807) is 6.07 Å². The molecule has 2 aliphatic rings. The molecule has 2 amide bonds. The Hall–Kier alpha value is -1.92. The summed E-state index contributed by atoms with van der Waals surface area (Å²) in [4.78, 5) is 21.3. The highest BCUT2D eigenvalue weighted by Gasteiger charge is 2.32. The van der Waals surface area contributed by atoms with E-state index in [0.29, 0.717) is 12.1 Å². The summed E-state index contributed by atoms with van der Waals surface area (Å²) in [6.07, 6.45) is 11.9. The first-order valence-electron chi connectivity index (χ1n) is 11.0. The van der Waals surface area contributed by atoms with E-state index < -0.39 is 11.8 Å². The number of primary amides is 2. The van der Waals surface area contributed by atoms with E-state index in [1.807, 2.05) is 0 Å². The van der Waals surface area contributed by atoms with Crippen LogP contribution in [0.25, 0.3) is 0 Å². The molecule has 0 unspecified atom stereocenters. The summed E-state index contributed by atoms with van der Waals surface area (Å²) in [6, 6.07) is 6.95. The number of amides is 2. The molecule has 6 heteroatoms. The van der Waals surface area contributed by atoms with Crippen LogP contribution in [0.1, 0.15) is 85.4 Å². The lowest BCUT2D eigenvalue weighted by atomic mass is 9.67. The maximum atomic E-state index is 10.6. The van der Waals surface area contributed by atoms with Gasteiger partial charge in [-0.3, -0.25) is 9.59 Å². The van der Waals surface area contributed by atoms with E-state index in [-0.39, 0.29) is 11.1 Å². The second-order valence-electron chi connectivity index (χ2n) is 8.73. The van der Waals surface area contributed by atoms with Crippen LogP contribution in [0.15, 0.2) is 24.3 Å². The summed E-state index contributed by atoms with van der Waals surface area (Å²) < 4.78 is 0. The molecule has 0 bridgehead atoms. The maximum Gasteiger partial charge on any atom is 0.248 e. The number of hydrogen-bond acceptors (Lipinski definition) is 4. The summed E-state index contributed by atoms with van der Waals surface area (Å²) in [7, 11) is 0. The normalized spacial score (nSPS) is 28.0. The predicted octanol–water partition coefficient (Wildman–Crippen LogP) is 2.93. The molecule has 0 saturated heterocycles. The van der Waals surface area contributed by atoms with Gasteiger partial charge in [0, 0.05) is 23.2 Å². The largest absolute Gasteiger partial charge is 0.366 e. The number of carbonyl (C=O) groups is 2. The third-order valence-corrected chi connectivity index (χ3v) is 6.75. The van der Waals surface area contributed by atoms with Crippen LogP contribution >= 0.6 is 0 Å². The van der Waals surface area contributed by atoms with Crippen molar-refractivity contribution < 1.29 is 9.59 Å². The van der Waals surface area contributed by atoms with Crippen molar-refractivity contribution in [2.24, 2.45) is 40.7 Å². The minimum absolute atomic E-state index is 0.284. The first-order chi connectivity index (χ1) is 13.8. The Bertz CT molecular complexity index is 611. The van der Waals surface area contributed by atoms with Crippen molar-refractivity contribution in [1.29, 1.82) is 0 Å². The van der Waals surface area contributed by atoms with Crippen molar-refractivity contribution in [3.05, 3.63) is 35.4 Å². The van der Waals surface area contributed by atoms with Crippen molar-refractivity contribution in [3.8, 4) is 0 Å². The second-order valence-corrected chi connectivity index (χ2v) is 8.73. The van der Waals surface area contributed by atoms with Gasteiger partial charge in [0.05, 0.1) is 0 Å². The standard InChI is InChI=1S/C15H30N2.C8H8N2O2/c1-2-15(11-3-7-13(16)8-4-11)12-5-9-14(17)10-6-12;9-7(11)5-2-1-3-6(4-5)8(10)12/h11-15H,2-10,16-17H2,1H3;1-4H,(H2,9,11)(H2,10,12). The van der Waals surface area contributed by atoms with Crippen LogP contribution < -0.4 is 22.9 Å². The van der Waals surface area contributed by atoms with Crippen molar-refractivity contribution >= 4 is 11.8 Å². The Labute approximate surface area is 174 Å². The molecule has 0 radical (unpaired) electrons. The van der Waals surface area contributed by atoms with E-state index in [2.05, 4.69) is 6.92 Å². The lowest BCUT2D eigenvalue weighted by Crippen LogP contribution is -2.35. The first kappa shape index (κ1) is 23.4. The van der Waals surface area contributed by atoms with Crippen LogP contribution in [0.3, 0.4) is 0 Å². The Morgan fingerprint density at radius 3 is 1.52 bits per heavy atom. The molecule has 0 heterocycles. The monoisotopic (exact) mass is 402 g/mol. The third kappa shape index (κ3) is 7.12. The quantitative estimate of drug-likeness (QED) is 0.601. The third-order valence-electron chi connectivity index (χ3n) is 6.75. The van der Waals surface area contributed by atoms with Gasteiger partial charge in [-0.15, -0.1) is 0 Å². The molecule has 2 saturated carbocycles. The molecule has 2 aliphatic carbocycles. The molecule has 0 aliphatic heterocycles. The Morgan fingerprint density at radius 1 is 0.828 bits per heavy atom. The zero-order valence-corrected chi connectivity index (χ0v) is 17.7. The van der Waals surface area contributed by atoms with Crippen LogP contribution in [0.5, 0.6) is 0 Å².